The average Bonchev–Trinajstić information content (AvgIpc) is 3.57. The molecule has 1 saturated carbocycles. The van der Waals surface area contributed by atoms with Gasteiger partial charge in [0.05, 0.1) is 41.7 Å². The van der Waals surface area contributed by atoms with Crippen molar-refractivity contribution >= 4 is 40.4 Å². The summed E-state index contributed by atoms with van der Waals surface area (Å²) in [5.74, 6) is 1.84. The Labute approximate surface area is 200 Å². The van der Waals surface area contributed by atoms with Crippen LogP contribution in [0.5, 0.6) is 0 Å². The van der Waals surface area contributed by atoms with E-state index in [1.54, 1.807) is 12.4 Å². The van der Waals surface area contributed by atoms with E-state index in [1.165, 1.54) is 0 Å². The van der Waals surface area contributed by atoms with Crippen molar-refractivity contribution in [2.45, 2.75) is 18.6 Å². The van der Waals surface area contributed by atoms with Crippen molar-refractivity contribution in [1.29, 1.82) is 0 Å². The van der Waals surface area contributed by atoms with Gasteiger partial charge in [-0.3, -0.25) is 0 Å². The number of hydrogen-bond donors (Lipinski definition) is 3. The number of carbonyl (C=O) groups is 1. The van der Waals surface area contributed by atoms with Gasteiger partial charge in [0.15, 0.2) is 5.65 Å². The first-order valence-electron chi connectivity index (χ1n) is 11.3. The number of aromatic amines is 1. The molecular formula is C23H24ClN7O3. The van der Waals surface area contributed by atoms with Crippen LogP contribution >= 0.6 is 11.6 Å². The van der Waals surface area contributed by atoms with Crippen molar-refractivity contribution in [1.82, 2.24) is 19.9 Å². The maximum Gasteiger partial charge on any atom is 0.404 e. The Morgan fingerprint density at radius 2 is 2.09 bits per heavy atom. The first-order valence-corrected chi connectivity index (χ1v) is 11.7. The van der Waals surface area contributed by atoms with Gasteiger partial charge in [-0.25, -0.2) is 19.7 Å². The summed E-state index contributed by atoms with van der Waals surface area (Å²) in [6, 6.07) is 3.72. The fraction of sp³-hybridized carbons (Fsp3) is 0.391. The molecule has 2 fully saturated rings. The Morgan fingerprint density at radius 1 is 1.26 bits per heavy atom. The van der Waals surface area contributed by atoms with Gasteiger partial charge in [-0.2, -0.15) is 0 Å². The minimum absolute atomic E-state index is 0.134. The van der Waals surface area contributed by atoms with E-state index in [1.807, 2.05) is 12.1 Å². The van der Waals surface area contributed by atoms with Gasteiger partial charge in [-0.15, -0.1) is 0 Å². The number of morpholine rings is 1. The SMILES string of the molecule is NC(=O)O[C@@H]1[C@H](Nc2c(Cl)cnc3nc(-c4cccnc4N4CCOCC4)[nH]c23)[C@H]2C=C[C@@H]1C2. The van der Waals surface area contributed by atoms with Gasteiger partial charge in [-0.1, -0.05) is 23.8 Å². The molecule has 1 saturated heterocycles. The van der Waals surface area contributed by atoms with E-state index < -0.39 is 6.09 Å². The molecule has 176 valence electrons. The van der Waals surface area contributed by atoms with Gasteiger partial charge >= 0.3 is 6.09 Å². The third kappa shape index (κ3) is 3.63. The zero-order valence-electron chi connectivity index (χ0n) is 18.3. The summed E-state index contributed by atoms with van der Waals surface area (Å²) in [5, 5.41) is 3.96. The molecule has 3 aromatic heterocycles. The number of nitrogens with one attached hydrogen (secondary N) is 2. The molecule has 2 aliphatic carbocycles. The standard InChI is InChI=1S/C23H24ClN7O3/c24-15-11-27-21-18(17(15)28-16-12-3-4-13(10-12)19(16)34-23(25)32)29-20(30-21)14-2-1-5-26-22(14)31-6-8-33-9-7-31/h1-5,11-13,16,19H,6-10H2,(H2,25,32)(H2,27,28,29,30)/t12-,13+,16+,19-/m0/s1. The smallest absolute Gasteiger partial charge is 0.404 e. The molecule has 1 amide bonds. The molecule has 3 aromatic rings. The summed E-state index contributed by atoms with van der Waals surface area (Å²) in [4.78, 5) is 30.9. The predicted molar refractivity (Wildman–Crippen MR) is 128 cm³/mol. The van der Waals surface area contributed by atoms with Crippen LogP contribution < -0.4 is 16.0 Å². The minimum Gasteiger partial charge on any atom is -0.444 e. The number of rotatable bonds is 5. The van der Waals surface area contributed by atoms with Gasteiger partial charge in [0.1, 0.15) is 23.3 Å². The number of ether oxygens (including phenoxy) is 2. The lowest BCUT2D eigenvalue weighted by molar-refractivity contribution is 0.0854. The molecule has 6 rings (SSSR count). The highest BCUT2D eigenvalue weighted by Gasteiger charge is 2.47. The monoisotopic (exact) mass is 481 g/mol. The molecule has 2 bridgehead atoms. The zero-order valence-corrected chi connectivity index (χ0v) is 19.0. The predicted octanol–water partition coefficient (Wildman–Crippen LogP) is 2.96. The van der Waals surface area contributed by atoms with Crippen LogP contribution in [0.4, 0.5) is 16.3 Å². The van der Waals surface area contributed by atoms with Crippen molar-refractivity contribution < 1.29 is 14.3 Å². The van der Waals surface area contributed by atoms with Crippen LogP contribution in [0.2, 0.25) is 5.02 Å². The summed E-state index contributed by atoms with van der Waals surface area (Å²) in [6.07, 6.45) is 7.35. The van der Waals surface area contributed by atoms with Gasteiger partial charge in [0.25, 0.3) is 0 Å². The number of aromatic nitrogens is 4. The van der Waals surface area contributed by atoms with Crippen LogP contribution in [0.25, 0.3) is 22.6 Å². The normalized spacial score (nSPS) is 25.7. The highest BCUT2D eigenvalue weighted by atomic mass is 35.5. The number of carbonyl (C=O) groups excluding carboxylic acids is 1. The highest BCUT2D eigenvalue weighted by molar-refractivity contribution is 6.34. The average molecular weight is 482 g/mol. The van der Waals surface area contributed by atoms with Crippen molar-refractivity contribution in [2.75, 3.05) is 36.5 Å². The lowest BCUT2D eigenvalue weighted by Gasteiger charge is -2.29. The second-order valence-corrected chi connectivity index (χ2v) is 9.17. The number of anilines is 2. The van der Waals surface area contributed by atoms with Crippen LogP contribution in [0, 0.1) is 11.8 Å². The van der Waals surface area contributed by atoms with Crippen LogP contribution in [0.1, 0.15) is 6.42 Å². The molecule has 0 spiro atoms. The lowest BCUT2D eigenvalue weighted by atomic mass is 9.98. The molecule has 1 aliphatic heterocycles. The molecular weight excluding hydrogens is 458 g/mol. The van der Waals surface area contributed by atoms with E-state index in [-0.39, 0.29) is 24.0 Å². The minimum atomic E-state index is -0.778. The van der Waals surface area contributed by atoms with Crippen LogP contribution in [-0.2, 0) is 9.47 Å². The Kier molecular flexibility index (Phi) is 5.26. The number of fused-ring (bicyclic) bond motifs is 3. The van der Waals surface area contributed by atoms with Gasteiger partial charge in [0, 0.05) is 31.1 Å². The van der Waals surface area contributed by atoms with Crippen LogP contribution in [-0.4, -0.2) is 64.5 Å². The first-order chi connectivity index (χ1) is 16.6. The van der Waals surface area contributed by atoms with E-state index in [0.29, 0.717) is 40.9 Å². The Bertz CT molecular complexity index is 1270. The summed E-state index contributed by atoms with van der Waals surface area (Å²) in [7, 11) is 0. The molecule has 0 unspecified atom stereocenters. The Morgan fingerprint density at radius 3 is 2.91 bits per heavy atom. The van der Waals surface area contributed by atoms with Crippen molar-refractivity contribution in [3.05, 3.63) is 41.7 Å². The maximum absolute atomic E-state index is 11.5. The number of H-pyrrole nitrogens is 1. The fourth-order valence-electron chi connectivity index (χ4n) is 5.24. The summed E-state index contributed by atoms with van der Waals surface area (Å²) in [5.41, 5.74) is 8.11. The first kappa shape index (κ1) is 21.2. The van der Waals surface area contributed by atoms with E-state index in [0.717, 1.165) is 30.9 Å². The summed E-state index contributed by atoms with van der Waals surface area (Å²) in [6.45, 7) is 2.85. The third-order valence-electron chi connectivity index (χ3n) is 6.78. The van der Waals surface area contributed by atoms with Gasteiger partial charge in [0.2, 0.25) is 0 Å². The molecule has 4 N–H and O–H groups in total. The van der Waals surface area contributed by atoms with Crippen LogP contribution in [0.15, 0.2) is 36.7 Å². The maximum atomic E-state index is 11.5. The zero-order chi connectivity index (χ0) is 23.2. The quantitative estimate of drug-likeness (QED) is 0.474. The molecule has 4 atom stereocenters. The molecule has 0 aromatic carbocycles. The number of hydrogen-bond acceptors (Lipinski definition) is 8. The number of pyridine rings is 2. The fourth-order valence-corrected chi connectivity index (χ4v) is 5.44. The second kappa shape index (κ2) is 8.44. The lowest BCUT2D eigenvalue weighted by Crippen LogP contribution is -2.41. The molecule has 0 radical (unpaired) electrons. The summed E-state index contributed by atoms with van der Waals surface area (Å²) < 4.78 is 10.9. The van der Waals surface area contributed by atoms with E-state index in [2.05, 4.69) is 37.3 Å². The van der Waals surface area contributed by atoms with E-state index >= 15 is 0 Å². The Balaban J connectivity index is 1.37. The van der Waals surface area contributed by atoms with Crippen LogP contribution in [0.3, 0.4) is 0 Å². The molecule has 4 heterocycles. The third-order valence-corrected chi connectivity index (χ3v) is 7.06. The van der Waals surface area contributed by atoms with E-state index in [9.17, 15) is 4.79 Å². The second-order valence-electron chi connectivity index (χ2n) is 8.76. The molecule has 10 nitrogen and oxygen atoms in total. The summed E-state index contributed by atoms with van der Waals surface area (Å²) >= 11 is 6.59. The number of imidazole rings is 1. The van der Waals surface area contributed by atoms with Crippen molar-refractivity contribution in [2.24, 2.45) is 17.6 Å². The number of primary amides is 1. The largest absolute Gasteiger partial charge is 0.444 e. The van der Waals surface area contributed by atoms with Crippen molar-refractivity contribution in [3.8, 4) is 11.4 Å². The Hall–Kier alpha value is -3.37. The molecule has 3 aliphatic rings. The number of nitrogens with two attached hydrogens (primary N) is 1. The molecule has 34 heavy (non-hydrogen) atoms. The number of amides is 1. The topological polar surface area (TPSA) is 131 Å². The van der Waals surface area contributed by atoms with Gasteiger partial charge in [-0.05, 0) is 18.6 Å². The van der Waals surface area contributed by atoms with Crippen molar-refractivity contribution in [3.63, 3.8) is 0 Å². The van der Waals surface area contributed by atoms with E-state index in [4.69, 9.17) is 31.8 Å². The number of halogens is 1. The number of nitrogens with zero attached hydrogens (tertiary/aromatic N) is 4. The molecule has 11 heteroatoms. The highest BCUT2D eigenvalue weighted by Crippen LogP contribution is 2.44. The van der Waals surface area contributed by atoms with Gasteiger partial charge < -0.3 is 30.4 Å².